The Hall–Kier alpha value is -3.90. The molecule has 3 aromatic carbocycles. The van der Waals surface area contributed by atoms with Crippen molar-refractivity contribution in [2.75, 3.05) is 4.90 Å². The van der Waals surface area contributed by atoms with Crippen molar-refractivity contribution in [2.24, 2.45) is 0 Å². The lowest BCUT2D eigenvalue weighted by molar-refractivity contribution is 0.244. The van der Waals surface area contributed by atoms with E-state index in [1.807, 2.05) is 86.6 Å². The number of hydrogen-bond donors (Lipinski definition) is 1. The summed E-state index contributed by atoms with van der Waals surface area (Å²) < 4.78 is 5.72. The first-order valence-electron chi connectivity index (χ1n) is 10.5. The summed E-state index contributed by atoms with van der Waals surface area (Å²) in [6, 6.07) is 24.2. The lowest BCUT2D eigenvalue weighted by atomic mass is 9.94. The SMILES string of the molecule is CC1=C(c2nc(-c3ccccc3)no2)C(c2ccccc2)NC(=O)N1c1ccc(Cl)c(C)c1. The number of carbonyl (C=O) groups excluding carboxylic acids is 1. The average Bonchev–Trinajstić information content (AvgIpc) is 3.32. The fourth-order valence-electron chi connectivity index (χ4n) is 4.03. The van der Waals surface area contributed by atoms with Gasteiger partial charge in [-0.05, 0) is 43.2 Å². The minimum absolute atomic E-state index is 0.241. The summed E-state index contributed by atoms with van der Waals surface area (Å²) in [7, 11) is 0. The van der Waals surface area contributed by atoms with E-state index in [-0.39, 0.29) is 6.03 Å². The van der Waals surface area contributed by atoms with Crippen LogP contribution in [0.4, 0.5) is 10.5 Å². The molecule has 1 N–H and O–H groups in total. The van der Waals surface area contributed by atoms with Gasteiger partial charge in [0.05, 0.1) is 17.3 Å². The molecule has 7 heteroatoms. The Morgan fingerprint density at radius 3 is 2.36 bits per heavy atom. The number of halogens is 1. The van der Waals surface area contributed by atoms with Gasteiger partial charge in [-0.1, -0.05) is 77.4 Å². The summed E-state index contributed by atoms with van der Waals surface area (Å²) in [5.41, 5.74) is 4.81. The van der Waals surface area contributed by atoms with Crippen LogP contribution in [-0.4, -0.2) is 16.2 Å². The number of rotatable bonds is 4. The molecule has 4 aromatic rings. The van der Waals surface area contributed by atoms with Gasteiger partial charge in [-0.2, -0.15) is 4.98 Å². The summed E-state index contributed by atoms with van der Waals surface area (Å²) in [6.45, 7) is 3.80. The molecule has 2 heterocycles. The van der Waals surface area contributed by atoms with Gasteiger partial charge in [-0.15, -0.1) is 0 Å². The highest BCUT2D eigenvalue weighted by atomic mass is 35.5. The Labute approximate surface area is 196 Å². The van der Waals surface area contributed by atoms with E-state index < -0.39 is 6.04 Å². The van der Waals surface area contributed by atoms with Gasteiger partial charge < -0.3 is 9.84 Å². The molecule has 1 atom stereocenters. The predicted octanol–water partition coefficient (Wildman–Crippen LogP) is 6.40. The molecule has 164 valence electrons. The Bertz CT molecular complexity index is 1350. The van der Waals surface area contributed by atoms with Crippen LogP contribution in [-0.2, 0) is 0 Å². The predicted molar refractivity (Wildman–Crippen MR) is 129 cm³/mol. The highest BCUT2D eigenvalue weighted by molar-refractivity contribution is 6.31. The summed E-state index contributed by atoms with van der Waals surface area (Å²) in [5, 5.41) is 7.95. The standard InChI is InChI=1S/C26H21ClN4O2/c1-16-15-20(13-14-21(16)27)31-17(2)22(23(28-26(31)32)18-9-5-3-6-10-18)25-29-24(30-33-25)19-11-7-4-8-12-19/h3-15,23H,1-2H3,(H,28,32). The first kappa shape index (κ1) is 21.0. The lowest BCUT2D eigenvalue weighted by Crippen LogP contribution is -2.46. The molecule has 33 heavy (non-hydrogen) atoms. The Morgan fingerprint density at radius 2 is 1.67 bits per heavy atom. The van der Waals surface area contributed by atoms with E-state index in [0.717, 1.165) is 22.3 Å². The number of hydrogen-bond acceptors (Lipinski definition) is 4. The van der Waals surface area contributed by atoms with Crippen LogP contribution in [0.25, 0.3) is 17.0 Å². The Morgan fingerprint density at radius 1 is 0.970 bits per heavy atom. The van der Waals surface area contributed by atoms with Crippen LogP contribution in [0.15, 0.2) is 89.1 Å². The molecule has 6 nitrogen and oxygen atoms in total. The summed E-state index contributed by atoms with van der Waals surface area (Å²) >= 11 is 6.22. The van der Waals surface area contributed by atoms with Gasteiger partial charge in [0.25, 0.3) is 5.89 Å². The summed E-state index contributed by atoms with van der Waals surface area (Å²) in [5.74, 6) is 0.847. The molecule has 0 fully saturated rings. The van der Waals surface area contributed by atoms with Crippen molar-refractivity contribution in [3.8, 4) is 11.4 Å². The highest BCUT2D eigenvalue weighted by Crippen LogP contribution is 2.39. The first-order chi connectivity index (χ1) is 16.0. The van der Waals surface area contributed by atoms with Crippen LogP contribution in [0.1, 0.15) is 30.0 Å². The first-order valence-corrected chi connectivity index (χ1v) is 10.9. The van der Waals surface area contributed by atoms with Gasteiger partial charge in [-0.3, -0.25) is 4.90 Å². The number of aryl methyl sites for hydroxylation is 1. The molecule has 1 aliphatic rings. The average molecular weight is 457 g/mol. The van der Waals surface area contributed by atoms with Crippen molar-refractivity contribution in [3.05, 3.63) is 107 Å². The molecular weight excluding hydrogens is 436 g/mol. The molecule has 0 spiro atoms. The minimum atomic E-state index is -0.438. The van der Waals surface area contributed by atoms with E-state index in [9.17, 15) is 4.79 Å². The van der Waals surface area contributed by atoms with Crippen molar-refractivity contribution in [1.29, 1.82) is 0 Å². The highest BCUT2D eigenvalue weighted by Gasteiger charge is 2.36. The van der Waals surface area contributed by atoms with Crippen LogP contribution in [0.2, 0.25) is 5.02 Å². The third kappa shape index (κ3) is 3.90. The van der Waals surface area contributed by atoms with Crippen molar-refractivity contribution >= 4 is 28.9 Å². The minimum Gasteiger partial charge on any atom is -0.334 e. The van der Waals surface area contributed by atoms with Crippen LogP contribution < -0.4 is 10.2 Å². The number of anilines is 1. The van der Waals surface area contributed by atoms with Crippen molar-refractivity contribution < 1.29 is 9.32 Å². The number of benzene rings is 3. The van der Waals surface area contributed by atoms with E-state index in [1.54, 1.807) is 11.0 Å². The topological polar surface area (TPSA) is 71.3 Å². The fourth-order valence-corrected chi connectivity index (χ4v) is 4.15. The second-order valence-corrected chi connectivity index (χ2v) is 8.26. The largest absolute Gasteiger partial charge is 0.334 e. The second kappa shape index (κ2) is 8.56. The maximum absolute atomic E-state index is 13.3. The zero-order chi connectivity index (χ0) is 22.9. The summed E-state index contributed by atoms with van der Waals surface area (Å²) in [4.78, 5) is 19.6. The smallest absolute Gasteiger partial charge is 0.326 e. The molecule has 0 bridgehead atoms. The second-order valence-electron chi connectivity index (χ2n) is 7.85. The van der Waals surface area contributed by atoms with E-state index in [4.69, 9.17) is 16.1 Å². The number of allylic oxidation sites excluding steroid dienone is 1. The number of nitrogens with one attached hydrogen (secondary N) is 1. The fraction of sp³-hybridized carbons (Fsp3) is 0.115. The van der Waals surface area contributed by atoms with Crippen LogP contribution in [0, 0.1) is 6.92 Å². The van der Waals surface area contributed by atoms with E-state index in [0.29, 0.717) is 28.1 Å². The molecule has 5 rings (SSSR count). The van der Waals surface area contributed by atoms with Crippen molar-refractivity contribution in [2.45, 2.75) is 19.9 Å². The van der Waals surface area contributed by atoms with Crippen molar-refractivity contribution in [1.82, 2.24) is 15.5 Å². The normalized spacial score (nSPS) is 16.2. The molecule has 1 unspecified atom stereocenters. The zero-order valence-electron chi connectivity index (χ0n) is 18.1. The zero-order valence-corrected chi connectivity index (χ0v) is 18.9. The van der Waals surface area contributed by atoms with E-state index >= 15 is 0 Å². The van der Waals surface area contributed by atoms with Gasteiger partial charge in [0, 0.05) is 16.3 Å². The van der Waals surface area contributed by atoms with Gasteiger partial charge in [0.1, 0.15) is 0 Å². The monoisotopic (exact) mass is 456 g/mol. The number of amides is 2. The molecule has 0 saturated carbocycles. The number of nitrogens with zero attached hydrogens (tertiary/aromatic N) is 3. The Kier molecular flexibility index (Phi) is 5.44. The van der Waals surface area contributed by atoms with Crippen molar-refractivity contribution in [3.63, 3.8) is 0 Å². The van der Waals surface area contributed by atoms with E-state index in [1.165, 1.54) is 0 Å². The number of urea groups is 1. The molecule has 2 amide bonds. The molecule has 1 aromatic heterocycles. The van der Waals surface area contributed by atoms with Crippen LogP contribution in [0.5, 0.6) is 0 Å². The Balaban J connectivity index is 1.66. The lowest BCUT2D eigenvalue weighted by Gasteiger charge is -2.35. The molecular formula is C26H21ClN4O2. The van der Waals surface area contributed by atoms with Crippen LogP contribution >= 0.6 is 11.6 Å². The van der Waals surface area contributed by atoms with Gasteiger partial charge in [-0.25, -0.2) is 4.79 Å². The van der Waals surface area contributed by atoms with Gasteiger partial charge in [0.2, 0.25) is 5.82 Å². The third-order valence-corrected chi connectivity index (χ3v) is 6.13. The maximum atomic E-state index is 13.3. The molecule has 0 aliphatic carbocycles. The van der Waals surface area contributed by atoms with Crippen LogP contribution in [0.3, 0.4) is 0 Å². The third-order valence-electron chi connectivity index (χ3n) is 5.71. The molecule has 0 radical (unpaired) electrons. The van der Waals surface area contributed by atoms with Gasteiger partial charge in [0.15, 0.2) is 0 Å². The number of carbonyl (C=O) groups is 1. The maximum Gasteiger partial charge on any atom is 0.326 e. The molecule has 1 aliphatic heterocycles. The quantitative estimate of drug-likeness (QED) is 0.385. The summed E-state index contributed by atoms with van der Waals surface area (Å²) in [6.07, 6.45) is 0. The molecule has 0 saturated heterocycles. The van der Waals surface area contributed by atoms with E-state index in [2.05, 4.69) is 15.5 Å². The number of aromatic nitrogens is 2. The van der Waals surface area contributed by atoms with Gasteiger partial charge >= 0.3 is 6.03 Å².